The summed E-state index contributed by atoms with van der Waals surface area (Å²) in [4.78, 5) is 21.3. The molecular weight excluding hydrogens is 288 g/mol. The lowest BCUT2D eigenvalue weighted by Crippen LogP contribution is -2.32. The quantitative estimate of drug-likeness (QED) is 0.648. The highest BCUT2D eigenvalue weighted by atomic mass is 16.6. The number of nitriles is 1. The molecule has 0 aliphatic heterocycles. The summed E-state index contributed by atoms with van der Waals surface area (Å²) in [6, 6.07) is 6.28. The predicted molar refractivity (Wildman–Crippen MR) is 78.1 cm³/mol. The number of hydrogen-bond acceptors (Lipinski definition) is 6. The van der Waals surface area contributed by atoms with Gasteiger partial charge in [-0.3, -0.25) is 10.1 Å². The van der Waals surface area contributed by atoms with Crippen LogP contribution in [0.3, 0.4) is 0 Å². The van der Waals surface area contributed by atoms with Crippen LogP contribution in [0.15, 0.2) is 18.2 Å². The topological polar surface area (TPSA) is 131 Å². The number of ether oxygens (including phenoxy) is 1. The summed E-state index contributed by atoms with van der Waals surface area (Å²) < 4.78 is 4.95. The van der Waals surface area contributed by atoms with Crippen molar-refractivity contribution < 1.29 is 14.5 Å². The molecule has 2 rings (SSSR count). The summed E-state index contributed by atoms with van der Waals surface area (Å²) in [7, 11) is 0. The van der Waals surface area contributed by atoms with E-state index < -0.39 is 11.0 Å². The van der Waals surface area contributed by atoms with Crippen molar-refractivity contribution in [1.82, 2.24) is 0 Å². The molecule has 1 amide bonds. The number of nitro benzene ring substituents is 1. The molecule has 8 heteroatoms. The molecule has 0 aromatic heterocycles. The summed E-state index contributed by atoms with van der Waals surface area (Å²) in [6.45, 7) is 0. The predicted octanol–water partition coefficient (Wildman–Crippen LogP) is 2.28. The van der Waals surface area contributed by atoms with Crippen molar-refractivity contribution in [2.45, 2.75) is 37.8 Å². The highest BCUT2D eigenvalue weighted by Gasteiger charge is 2.25. The molecule has 0 atom stereocenters. The Kier molecular flexibility index (Phi) is 4.78. The number of rotatable bonds is 4. The van der Waals surface area contributed by atoms with E-state index in [-0.39, 0.29) is 23.4 Å². The molecule has 0 radical (unpaired) electrons. The SMILES string of the molecule is N#Cc1ccc(N[C@H]2CC[C@H](OC(N)=O)CC2)c([N+](=O)[O-])c1. The van der Waals surface area contributed by atoms with Crippen LogP contribution in [0, 0.1) is 21.4 Å². The zero-order chi connectivity index (χ0) is 16.1. The number of nitrogens with two attached hydrogens (primary N) is 1. The van der Waals surface area contributed by atoms with Crippen molar-refractivity contribution in [3.63, 3.8) is 0 Å². The third-order valence-electron chi connectivity index (χ3n) is 3.64. The van der Waals surface area contributed by atoms with Crippen LogP contribution in [0.4, 0.5) is 16.2 Å². The van der Waals surface area contributed by atoms with Crippen LogP contribution in [-0.2, 0) is 4.74 Å². The summed E-state index contributed by atoms with van der Waals surface area (Å²) in [5.74, 6) is 0. The number of nitrogens with one attached hydrogen (secondary N) is 1. The first kappa shape index (κ1) is 15.6. The number of primary amides is 1. The molecule has 0 saturated heterocycles. The minimum absolute atomic E-state index is 0.0550. The maximum absolute atomic E-state index is 11.1. The number of carbonyl (C=O) groups excluding carboxylic acids is 1. The van der Waals surface area contributed by atoms with E-state index in [9.17, 15) is 14.9 Å². The van der Waals surface area contributed by atoms with Gasteiger partial charge in [-0.25, -0.2) is 4.79 Å². The largest absolute Gasteiger partial charge is 0.446 e. The molecule has 0 unspecified atom stereocenters. The second-order valence-electron chi connectivity index (χ2n) is 5.16. The lowest BCUT2D eigenvalue weighted by atomic mass is 9.92. The minimum atomic E-state index is -0.779. The second kappa shape index (κ2) is 6.76. The van der Waals surface area contributed by atoms with Gasteiger partial charge in [0.15, 0.2) is 0 Å². The highest BCUT2D eigenvalue weighted by molar-refractivity contribution is 5.65. The third kappa shape index (κ3) is 3.85. The average Bonchev–Trinajstić information content (AvgIpc) is 2.49. The summed E-state index contributed by atoms with van der Waals surface area (Å²) in [5, 5.41) is 23.0. The van der Waals surface area contributed by atoms with E-state index in [1.165, 1.54) is 12.1 Å². The van der Waals surface area contributed by atoms with E-state index in [2.05, 4.69) is 5.32 Å². The number of nitro groups is 1. The van der Waals surface area contributed by atoms with Crippen molar-refractivity contribution >= 4 is 17.5 Å². The van der Waals surface area contributed by atoms with E-state index in [4.69, 9.17) is 15.7 Å². The fourth-order valence-corrected chi connectivity index (χ4v) is 2.58. The molecule has 3 N–H and O–H groups in total. The lowest BCUT2D eigenvalue weighted by molar-refractivity contribution is -0.384. The number of benzene rings is 1. The summed E-state index contributed by atoms with van der Waals surface area (Å²) >= 11 is 0. The van der Waals surface area contributed by atoms with Gasteiger partial charge in [-0.15, -0.1) is 0 Å². The Balaban J connectivity index is 2.02. The van der Waals surface area contributed by atoms with Gasteiger partial charge in [-0.1, -0.05) is 0 Å². The van der Waals surface area contributed by atoms with Crippen molar-refractivity contribution in [2.24, 2.45) is 5.73 Å². The molecule has 0 spiro atoms. The van der Waals surface area contributed by atoms with Gasteiger partial charge in [0, 0.05) is 12.1 Å². The van der Waals surface area contributed by atoms with Crippen molar-refractivity contribution in [2.75, 3.05) is 5.32 Å². The van der Waals surface area contributed by atoms with Crippen LogP contribution in [0.1, 0.15) is 31.2 Å². The molecule has 1 aromatic rings. The van der Waals surface area contributed by atoms with Crippen molar-refractivity contribution in [3.05, 3.63) is 33.9 Å². The van der Waals surface area contributed by atoms with E-state index >= 15 is 0 Å². The van der Waals surface area contributed by atoms with Crippen LogP contribution in [0.5, 0.6) is 0 Å². The molecule has 1 saturated carbocycles. The Labute approximate surface area is 127 Å². The maximum Gasteiger partial charge on any atom is 0.404 e. The second-order valence-corrected chi connectivity index (χ2v) is 5.16. The van der Waals surface area contributed by atoms with E-state index in [1.807, 2.05) is 6.07 Å². The van der Waals surface area contributed by atoms with Crippen LogP contribution >= 0.6 is 0 Å². The van der Waals surface area contributed by atoms with Gasteiger partial charge >= 0.3 is 6.09 Å². The molecule has 8 nitrogen and oxygen atoms in total. The zero-order valence-electron chi connectivity index (χ0n) is 11.8. The van der Waals surface area contributed by atoms with E-state index in [0.717, 1.165) is 12.8 Å². The standard InChI is InChI=1S/C14H16N4O4/c15-8-9-1-6-12(13(7-9)18(20)21)17-10-2-4-11(5-3-10)22-14(16)19/h1,6-7,10-11,17H,2-5H2,(H2,16,19)/t10-,11-. The Morgan fingerprint density at radius 2 is 2.09 bits per heavy atom. The van der Waals surface area contributed by atoms with Crippen LogP contribution in [0.2, 0.25) is 0 Å². The first-order valence-electron chi connectivity index (χ1n) is 6.90. The first-order valence-corrected chi connectivity index (χ1v) is 6.90. The van der Waals surface area contributed by atoms with Gasteiger partial charge in [-0.2, -0.15) is 5.26 Å². The van der Waals surface area contributed by atoms with Crippen LogP contribution < -0.4 is 11.1 Å². The molecular formula is C14H16N4O4. The Morgan fingerprint density at radius 3 is 2.64 bits per heavy atom. The maximum atomic E-state index is 11.1. The summed E-state index contributed by atoms with van der Waals surface area (Å²) in [5.41, 5.74) is 5.51. The molecule has 116 valence electrons. The number of anilines is 1. The molecule has 0 heterocycles. The fraction of sp³-hybridized carbons (Fsp3) is 0.429. The minimum Gasteiger partial charge on any atom is -0.446 e. The van der Waals surface area contributed by atoms with Crippen LogP contribution in [0.25, 0.3) is 0 Å². The molecule has 1 aliphatic rings. The number of amides is 1. The van der Waals surface area contributed by atoms with Gasteiger partial charge in [0.05, 0.1) is 16.6 Å². The molecule has 1 aromatic carbocycles. The smallest absolute Gasteiger partial charge is 0.404 e. The first-order chi connectivity index (χ1) is 10.5. The normalized spacial score (nSPS) is 20.7. The molecule has 22 heavy (non-hydrogen) atoms. The number of nitrogens with zero attached hydrogens (tertiary/aromatic N) is 2. The Morgan fingerprint density at radius 1 is 1.41 bits per heavy atom. The Hall–Kier alpha value is -2.82. The average molecular weight is 304 g/mol. The van der Waals surface area contributed by atoms with Gasteiger partial charge in [0.2, 0.25) is 0 Å². The van der Waals surface area contributed by atoms with E-state index in [0.29, 0.717) is 18.5 Å². The van der Waals surface area contributed by atoms with Crippen molar-refractivity contribution in [3.8, 4) is 6.07 Å². The lowest BCUT2D eigenvalue weighted by Gasteiger charge is -2.28. The molecule has 0 bridgehead atoms. The fourth-order valence-electron chi connectivity index (χ4n) is 2.58. The third-order valence-corrected chi connectivity index (χ3v) is 3.64. The number of carbonyl (C=O) groups is 1. The van der Waals surface area contributed by atoms with E-state index in [1.54, 1.807) is 6.07 Å². The van der Waals surface area contributed by atoms with Gasteiger partial charge < -0.3 is 15.8 Å². The van der Waals surface area contributed by atoms with Gasteiger partial charge in [-0.05, 0) is 37.8 Å². The zero-order valence-corrected chi connectivity index (χ0v) is 11.8. The summed E-state index contributed by atoms with van der Waals surface area (Å²) in [6.07, 6.45) is 1.78. The number of hydrogen-bond donors (Lipinski definition) is 2. The van der Waals surface area contributed by atoms with Gasteiger partial charge in [0.1, 0.15) is 11.8 Å². The molecule has 1 aliphatic carbocycles. The van der Waals surface area contributed by atoms with Crippen molar-refractivity contribution in [1.29, 1.82) is 5.26 Å². The highest BCUT2D eigenvalue weighted by Crippen LogP contribution is 2.30. The van der Waals surface area contributed by atoms with Gasteiger partial charge in [0.25, 0.3) is 5.69 Å². The monoisotopic (exact) mass is 304 g/mol. The van der Waals surface area contributed by atoms with Crippen LogP contribution in [-0.4, -0.2) is 23.2 Å². The Bertz CT molecular complexity index is 618. The molecule has 1 fully saturated rings.